The van der Waals surface area contributed by atoms with Crippen LogP contribution in [-0.2, 0) is 5.60 Å². The van der Waals surface area contributed by atoms with E-state index in [0.717, 1.165) is 41.5 Å². The zero-order valence-corrected chi connectivity index (χ0v) is 18.9. The summed E-state index contributed by atoms with van der Waals surface area (Å²) >= 11 is 0. The summed E-state index contributed by atoms with van der Waals surface area (Å²) in [6.07, 6.45) is 6.29. The summed E-state index contributed by atoms with van der Waals surface area (Å²) in [5.41, 5.74) is 4.89. The SMILES string of the molecule is C[Si](C)(C)/C=C(\CC(O)(c1ccccc1)c1ccccc1)C(O)C1=CCCCC1. The molecule has 0 heterocycles. The number of benzene rings is 2. The first-order valence-electron chi connectivity index (χ1n) is 10.7. The van der Waals surface area contributed by atoms with Gasteiger partial charge in [-0.3, -0.25) is 0 Å². The lowest BCUT2D eigenvalue weighted by molar-refractivity contribution is 0.0739. The van der Waals surface area contributed by atoms with Crippen molar-refractivity contribution in [2.75, 3.05) is 0 Å². The van der Waals surface area contributed by atoms with E-state index in [2.05, 4.69) is 31.4 Å². The maximum atomic E-state index is 12.0. The van der Waals surface area contributed by atoms with E-state index in [0.29, 0.717) is 6.42 Å². The third-order valence-electron chi connectivity index (χ3n) is 5.61. The van der Waals surface area contributed by atoms with Crippen LogP contribution in [0.15, 0.2) is 83.6 Å². The Hall–Kier alpha value is -1.94. The zero-order valence-electron chi connectivity index (χ0n) is 17.9. The zero-order chi connectivity index (χ0) is 20.9. The minimum atomic E-state index is -1.61. The van der Waals surface area contributed by atoms with E-state index < -0.39 is 19.8 Å². The van der Waals surface area contributed by atoms with Crippen LogP contribution in [0.2, 0.25) is 19.6 Å². The monoisotopic (exact) mass is 406 g/mol. The van der Waals surface area contributed by atoms with Gasteiger partial charge in [-0.05, 0) is 48.0 Å². The smallest absolute Gasteiger partial charge is 0.118 e. The Bertz CT molecular complexity index is 808. The van der Waals surface area contributed by atoms with E-state index >= 15 is 0 Å². The Morgan fingerprint density at radius 1 is 0.966 bits per heavy atom. The summed E-state index contributed by atoms with van der Waals surface area (Å²) in [4.78, 5) is 0. The van der Waals surface area contributed by atoms with Gasteiger partial charge in [0.05, 0.1) is 14.2 Å². The first-order chi connectivity index (χ1) is 13.8. The number of aliphatic hydroxyl groups is 2. The molecule has 0 spiro atoms. The third kappa shape index (κ3) is 5.56. The van der Waals surface area contributed by atoms with Crippen molar-refractivity contribution in [3.63, 3.8) is 0 Å². The molecule has 0 saturated carbocycles. The summed E-state index contributed by atoms with van der Waals surface area (Å²) in [7, 11) is -1.61. The van der Waals surface area contributed by atoms with Crippen LogP contribution in [0.1, 0.15) is 43.2 Å². The topological polar surface area (TPSA) is 40.5 Å². The Morgan fingerprint density at radius 3 is 1.97 bits per heavy atom. The molecular formula is C26H34O2Si. The van der Waals surface area contributed by atoms with Crippen molar-refractivity contribution in [1.82, 2.24) is 0 Å². The van der Waals surface area contributed by atoms with Crippen LogP contribution in [0, 0.1) is 0 Å². The molecule has 0 saturated heterocycles. The Morgan fingerprint density at radius 2 is 1.52 bits per heavy atom. The van der Waals surface area contributed by atoms with Gasteiger partial charge in [0, 0.05) is 6.42 Å². The molecule has 2 nitrogen and oxygen atoms in total. The second-order valence-corrected chi connectivity index (χ2v) is 14.3. The Kier molecular flexibility index (Phi) is 6.94. The number of hydrogen-bond acceptors (Lipinski definition) is 2. The second kappa shape index (κ2) is 9.25. The first-order valence-corrected chi connectivity index (χ1v) is 14.3. The van der Waals surface area contributed by atoms with Crippen molar-refractivity contribution in [3.8, 4) is 0 Å². The van der Waals surface area contributed by atoms with Crippen molar-refractivity contribution in [2.45, 2.75) is 63.5 Å². The van der Waals surface area contributed by atoms with E-state index in [4.69, 9.17) is 0 Å². The predicted molar refractivity (Wildman–Crippen MR) is 124 cm³/mol. The van der Waals surface area contributed by atoms with E-state index in [-0.39, 0.29) is 0 Å². The second-order valence-electron chi connectivity index (χ2n) is 9.28. The summed E-state index contributed by atoms with van der Waals surface area (Å²) in [6, 6.07) is 19.7. The molecule has 1 aliphatic rings. The molecular weight excluding hydrogens is 372 g/mol. The number of allylic oxidation sites excluding steroid dienone is 1. The van der Waals surface area contributed by atoms with Crippen LogP contribution < -0.4 is 0 Å². The van der Waals surface area contributed by atoms with Gasteiger partial charge in [0.1, 0.15) is 5.60 Å². The van der Waals surface area contributed by atoms with Crippen LogP contribution in [0.3, 0.4) is 0 Å². The van der Waals surface area contributed by atoms with Gasteiger partial charge < -0.3 is 10.2 Å². The number of rotatable bonds is 7. The largest absolute Gasteiger partial charge is 0.384 e. The van der Waals surface area contributed by atoms with E-state index in [1.165, 1.54) is 6.42 Å². The van der Waals surface area contributed by atoms with Crippen molar-refractivity contribution in [3.05, 3.63) is 94.7 Å². The molecule has 0 fully saturated rings. The van der Waals surface area contributed by atoms with Crippen LogP contribution in [0.5, 0.6) is 0 Å². The average molecular weight is 407 g/mol. The van der Waals surface area contributed by atoms with Crippen LogP contribution >= 0.6 is 0 Å². The summed E-state index contributed by atoms with van der Waals surface area (Å²) < 4.78 is 0. The van der Waals surface area contributed by atoms with Gasteiger partial charge in [0.15, 0.2) is 0 Å². The van der Waals surface area contributed by atoms with E-state index in [9.17, 15) is 10.2 Å². The Labute approximate surface area is 176 Å². The molecule has 0 bridgehead atoms. The van der Waals surface area contributed by atoms with Crippen LogP contribution in [0.25, 0.3) is 0 Å². The molecule has 1 atom stereocenters. The van der Waals surface area contributed by atoms with Gasteiger partial charge in [-0.2, -0.15) is 0 Å². The fourth-order valence-electron chi connectivity index (χ4n) is 4.23. The van der Waals surface area contributed by atoms with Gasteiger partial charge in [0.25, 0.3) is 0 Å². The molecule has 3 heteroatoms. The molecule has 1 aliphatic carbocycles. The van der Waals surface area contributed by atoms with Gasteiger partial charge in [-0.25, -0.2) is 0 Å². The maximum absolute atomic E-state index is 12.0. The van der Waals surface area contributed by atoms with E-state index in [1.54, 1.807) is 0 Å². The predicted octanol–water partition coefficient (Wildman–Crippen LogP) is 5.98. The summed E-state index contributed by atoms with van der Waals surface area (Å²) in [5.74, 6) is 0. The highest BCUT2D eigenvalue weighted by atomic mass is 28.3. The summed E-state index contributed by atoms with van der Waals surface area (Å²) in [5, 5.41) is 23.3. The molecule has 3 rings (SSSR count). The van der Waals surface area contributed by atoms with Crippen molar-refractivity contribution < 1.29 is 10.2 Å². The normalized spacial score (nSPS) is 17.0. The standard InChI is InChI=1S/C26H34O2Si/c1-29(2,3)20-22(25(27)21-13-7-4-8-14-21)19-26(28,23-15-9-5-10-16-23)24-17-11-6-12-18-24/h5-6,9-13,15-18,20,25,27-28H,4,7-8,14,19H2,1-3H3/b22-20+. The average Bonchev–Trinajstić information content (AvgIpc) is 2.73. The van der Waals surface area contributed by atoms with Crippen molar-refractivity contribution in [2.24, 2.45) is 0 Å². The molecule has 154 valence electrons. The van der Waals surface area contributed by atoms with Gasteiger partial charge >= 0.3 is 0 Å². The lowest BCUT2D eigenvalue weighted by Crippen LogP contribution is -2.32. The highest BCUT2D eigenvalue weighted by molar-refractivity contribution is 6.81. The fraction of sp³-hybridized carbons (Fsp3) is 0.385. The minimum Gasteiger partial charge on any atom is -0.384 e. The molecule has 29 heavy (non-hydrogen) atoms. The number of aliphatic hydroxyl groups excluding tert-OH is 1. The molecule has 0 aliphatic heterocycles. The van der Waals surface area contributed by atoms with Crippen molar-refractivity contribution >= 4 is 8.07 Å². The van der Waals surface area contributed by atoms with Gasteiger partial charge in [-0.15, -0.1) is 0 Å². The van der Waals surface area contributed by atoms with Crippen LogP contribution in [-0.4, -0.2) is 24.4 Å². The summed E-state index contributed by atoms with van der Waals surface area (Å²) in [6.45, 7) is 6.83. The number of hydrogen-bond donors (Lipinski definition) is 2. The quantitative estimate of drug-likeness (QED) is 0.439. The maximum Gasteiger partial charge on any atom is 0.118 e. The van der Waals surface area contributed by atoms with Gasteiger partial charge in [0.2, 0.25) is 0 Å². The molecule has 2 N–H and O–H groups in total. The molecule has 2 aromatic rings. The van der Waals surface area contributed by atoms with Crippen LogP contribution in [0.4, 0.5) is 0 Å². The van der Waals surface area contributed by atoms with E-state index in [1.807, 2.05) is 60.7 Å². The van der Waals surface area contributed by atoms with Gasteiger partial charge in [-0.1, -0.05) is 92.1 Å². The Balaban J connectivity index is 2.06. The highest BCUT2D eigenvalue weighted by Gasteiger charge is 2.35. The first kappa shape index (κ1) is 21.8. The third-order valence-corrected chi connectivity index (χ3v) is 6.85. The minimum absolute atomic E-state index is 0.393. The lowest BCUT2D eigenvalue weighted by atomic mass is 9.79. The molecule has 0 amide bonds. The molecule has 1 unspecified atom stereocenters. The fourth-order valence-corrected chi connectivity index (χ4v) is 5.60. The molecule has 0 aromatic heterocycles. The molecule has 0 radical (unpaired) electrons. The highest BCUT2D eigenvalue weighted by Crippen LogP contribution is 2.38. The van der Waals surface area contributed by atoms with Crippen molar-refractivity contribution in [1.29, 1.82) is 0 Å². The lowest BCUT2D eigenvalue weighted by Gasteiger charge is -2.34. The molecule has 2 aromatic carbocycles.